The van der Waals surface area contributed by atoms with E-state index in [1.54, 1.807) is 11.2 Å². The van der Waals surface area contributed by atoms with Gasteiger partial charge in [-0.15, -0.1) is 0 Å². The fourth-order valence-electron chi connectivity index (χ4n) is 2.01. The Morgan fingerprint density at radius 3 is 2.60 bits per heavy atom. The fraction of sp³-hybridized carbons (Fsp3) is 0.375. The number of oxazole rings is 1. The van der Waals surface area contributed by atoms with E-state index in [1.165, 1.54) is 0 Å². The van der Waals surface area contributed by atoms with E-state index in [0.29, 0.717) is 18.1 Å². The van der Waals surface area contributed by atoms with Crippen LogP contribution in [0, 0.1) is 6.92 Å². The summed E-state index contributed by atoms with van der Waals surface area (Å²) in [4.78, 5) is 18.5. The molecule has 0 bridgehead atoms. The number of benzene rings is 1. The van der Waals surface area contributed by atoms with Gasteiger partial charge in [-0.1, -0.05) is 38.0 Å². The maximum Gasteiger partial charge on any atom is 0.304 e. The average molecular weight is 272 g/mol. The molecule has 1 heterocycles. The quantitative estimate of drug-likeness (QED) is 0.751. The summed E-state index contributed by atoms with van der Waals surface area (Å²) in [6.07, 6.45) is 4.70. The van der Waals surface area contributed by atoms with Gasteiger partial charge in [0.25, 0.3) is 5.91 Å². The van der Waals surface area contributed by atoms with Crippen molar-refractivity contribution in [2.75, 3.05) is 11.4 Å². The number of amides is 1. The van der Waals surface area contributed by atoms with E-state index >= 15 is 0 Å². The van der Waals surface area contributed by atoms with Crippen molar-refractivity contribution in [1.29, 1.82) is 0 Å². The molecule has 0 saturated carbocycles. The maximum absolute atomic E-state index is 12.6. The lowest BCUT2D eigenvalue weighted by molar-refractivity contribution is 0.0981. The molecule has 0 aliphatic carbocycles. The van der Waals surface area contributed by atoms with Crippen molar-refractivity contribution >= 4 is 11.9 Å². The zero-order valence-corrected chi connectivity index (χ0v) is 12.0. The summed E-state index contributed by atoms with van der Waals surface area (Å²) in [6.45, 7) is 4.62. The lowest BCUT2D eigenvalue weighted by Crippen LogP contribution is -2.32. The Kier molecular flexibility index (Phi) is 4.93. The van der Waals surface area contributed by atoms with Crippen molar-refractivity contribution < 1.29 is 9.21 Å². The van der Waals surface area contributed by atoms with E-state index in [9.17, 15) is 4.79 Å². The number of hydrogen-bond donors (Lipinski definition) is 0. The van der Waals surface area contributed by atoms with E-state index in [-0.39, 0.29) is 5.91 Å². The van der Waals surface area contributed by atoms with Crippen LogP contribution in [0.2, 0.25) is 0 Å². The molecule has 106 valence electrons. The standard InChI is InChI=1S/C16H20N2O2/c1-3-4-8-11-18(16-17-13(2)12-20-16)15(19)14-9-6-5-7-10-14/h5-7,9-10,12H,3-4,8,11H2,1-2H3. The Morgan fingerprint density at radius 2 is 2.00 bits per heavy atom. The Bertz CT molecular complexity index is 549. The minimum absolute atomic E-state index is 0.0662. The SMILES string of the molecule is CCCCCN(C(=O)c1ccccc1)c1nc(C)co1. The van der Waals surface area contributed by atoms with Gasteiger partial charge < -0.3 is 4.42 Å². The first-order chi connectivity index (χ1) is 9.72. The number of carbonyl (C=O) groups excluding carboxylic acids is 1. The smallest absolute Gasteiger partial charge is 0.304 e. The van der Waals surface area contributed by atoms with Crippen LogP contribution >= 0.6 is 0 Å². The minimum atomic E-state index is -0.0662. The number of carbonyl (C=O) groups is 1. The number of hydrogen-bond acceptors (Lipinski definition) is 3. The van der Waals surface area contributed by atoms with Crippen molar-refractivity contribution in [3.63, 3.8) is 0 Å². The van der Waals surface area contributed by atoms with Crippen molar-refractivity contribution in [3.8, 4) is 0 Å². The molecule has 1 amide bonds. The van der Waals surface area contributed by atoms with Crippen LogP contribution in [0.5, 0.6) is 0 Å². The predicted octanol–water partition coefficient (Wildman–Crippen LogP) is 3.82. The highest BCUT2D eigenvalue weighted by Crippen LogP contribution is 2.17. The third kappa shape index (κ3) is 3.47. The van der Waals surface area contributed by atoms with E-state index in [4.69, 9.17) is 4.42 Å². The average Bonchev–Trinajstić information content (AvgIpc) is 2.90. The first-order valence-corrected chi connectivity index (χ1v) is 7.01. The summed E-state index contributed by atoms with van der Waals surface area (Å²) in [7, 11) is 0. The molecule has 1 aromatic heterocycles. The number of unbranched alkanes of at least 4 members (excludes halogenated alkanes) is 2. The molecule has 2 aromatic rings. The number of nitrogens with zero attached hydrogens (tertiary/aromatic N) is 2. The van der Waals surface area contributed by atoms with Gasteiger partial charge in [0.05, 0.1) is 5.69 Å². The van der Waals surface area contributed by atoms with Gasteiger partial charge in [0.1, 0.15) is 6.26 Å². The molecule has 4 heteroatoms. The first-order valence-electron chi connectivity index (χ1n) is 7.01. The Balaban J connectivity index is 2.19. The zero-order chi connectivity index (χ0) is 14.4. The molecule has 0 atom stereocenters. The van der Waals surface area contributed by atoms with Crippen LogP contribution in [-0.4, -0.2) is 17.4 Å². The lowest BCUT2D eigenvalue weighted by Gasteiger charge is -2.18. The third-order valence-electron chi connectivity index (χ3n) is 3.09. The topological polar surface area (TPSA) is 46.3 Å². The second-order valence-electron chi connectivity index (χ2n) is 4.80. The molecule has 20 heavy (non-hydrogen) atoms. The Hall–Kier alpha value is -2.10. The first kappa shape index (κ1) is 14.3. The summed E-state index contributed by atoms with van der Waals surface area (Å²) >= 11 is 0. The van der Waals surface area contributed by atoms with Gasteiger partial charge in [0, 0.05) is 12.1 Å². The molecule has 0 spiro atoms. The highest BCUT2D eigenvalue weighted by Gasteiger charge is 2.21. The molecule has 0 saturated heterocycles. The molecule has 2 rings (SSSR count). The van der Waals surface area contributed by atoms with Crippen molar-refractivity contribution in [2.45, 2.75) is 33.1 Å². The lowest BCUT2D eigenvalue weighted by atomic mass is 10.2. The molecule has 0 aliphatic heterocycles. The monoisotopic (exact) mass is 272 g/mol. The molecule has 4 nitrogen and oxygen atoms in total. The van der Waals surface area contributed by atoms with Gasteiger partial charge in [-0.3, -0.25) is 9.69 Å². The fourth-order valence-corrected chi connectivity index (χ4v) is 2.01. The van der Waals surface area contributed by atoms with Crippen LogP contribution in [0.25, 0.3) is 0 Å². The van der Waals surface area contributed by atoms with Gasteiger partial charge in [0.15, 0.2) is 0 Å². The molecule has 0 aliphatic rings. The summed E-state index contributed by atoms with van der Waals surface area (Å²) < 4.78 is 5.39. The highest BCUT2D eigenvalue weighted by molar-refractivity contribution is 6.04. The highest BCUT2D eigenvalue weighted by atomic mass is 16.4. The van der Waals surface area contributed by atoms with Crippen molar-refractivity contribution in [2.24, 2.45) is 0 Å². The summed E-state index contributed by atoms with van der Waals surface area (Å²) in [5.41, 5.74) is 1.43. The predicted molar refractivity (Wildman–Crippen MR) is 78.9 cm³/mol. The summed E-state index contributed by atoms with van der Waals surface area (Å²) in [5.74, 6) is -0.0662. The van der Waals surface area contributed by atoms with Gasteiger partial charge in [-0.25, -0.2) is 0 Å². The van der Waals surface area contributed by atoms with Crippen molar-refractivity contribution in [1.82, 2.24) is 4.98 Å². The molecular formula is C16H20N2O2. The van der Waals surface area contributed by atoms with Crippen LogP contribution in [0.15, 0.2) is 41.0 Å². The summed E-state index contributed by atoms with van der Waals surface area (Å²) in [6, 6.07) is 9.62. The van der Waals surface area contributed by atoms with Crippen LogP contribution in [0.4, 0.5) is 6.01 Å². The second kappa shape index (κ2) is 6.89. The van der Waals surface area contributed by atoms with Gasteiger partial charge >= 0.3 is 6.01 Å². The molecular weight excluding hydrogens is 252 g/mol. The van der Waals surface area contributed by atoms with E-state index < -0.39 is 0 Å². The van der Waals surface area contributed by atoms with Gasteiger partial charge in [-0.2, -0.15) is 4.98 Å². The number of aryl methyl sites for hydroxylation is 1. The molecule has 1 aromatic carbocycles. The number of aromatic nitrogens is 1. The van der Waals surface area contributed by atoms with Crippen LogP contribution in [0.1, 0.15) is 42.2 Å². The van der Waals surface area contributed by atoms with Gasteiger partial charge in [0.2, 0.25) is 0 Å². The maximum atomic E-state index is 12.6. The number of rotatable bonds is 6. The van der Waals surface area contributed by atoms with E-state index in [1.807, 2.05) is 37.3 Å². The molecule has 0 fully saturated rings. The van der Waals surface area contributed by atoms with Crippen molar-refractivity contribution in [3.05, 3.63) is 47.9 Å². The summed E-state index contributed by atoms with van der Waals surface area (Å²) in [5, 5.41) is 0. The van der Waals surface area contributed by atoms with E-state index in [2.05, 4.69) is 11.9 Å². The zero-order valence-electron chi connectivity index (χ0n) is 12.0. The third-order valence-corrected chi connectivity index (χ3v) is 3.09. The Labute approximate surface area is 119 Å². The van der Waals surface area contributed by atoms with Crippen LogP contribution in [0.3, 0.4) is 0 Å². The van der Waals surface area contributed by atoms with Gasteiger partial charge in [-0.05, 0) is 25.5 Å². The van der Waals surface area contributed by atoms with E-state index in [0.717, 1.165) is 25.0 Å². The normalized spacial score (nSPS) is 10.5. The molecule has 0 unspecified atom stereocenters. The second-order valence-corrected chi connectivity index (χ2v) is 4.80. The Morgan fingerprint density at radius 1 is 1.25 bits per heavy atom. The molecule has 0 radical (unpaired) electrons. The largest absolute Gasteiger partial charge is 0.431 e. The van der Waals surface area contributed by atoms with Crippen LogP contribution in [-0.2, 0) is 0 Å². The molecule has 0 N–H and O–H groups in total. The minimum Gasteiger partial charge on any atom is -0.431 e. The van der Waals surface area contributed by atoms with Crippen LogP contribution < -0.4 is 4.90 Å². The number of anilines is 1.